The first-order valence-corrected chi connectivity index (χ1v) is 6.86. The van der Waals surface area contributed by atoms with Crippen molar-refractivity contribution in [2.24, 2.45) is 0 Å². The normalized spacial score (nSPS) is 12.1. The molecule has 0 aliphatic rings. The van der Waals surface area contributed by atoms with Gasteiger partial charge in [-0.25, -0.2) is 0 Å². The average molecular weight is 258 g/mol. The number of rotatable bonds is 5. The van der Waals surface area contributed by atoms with E-state index in [-0.39, 0.29) is 0 Å². The van der Waals surface area contributed by atoms with Crippen molar-refractivity contribution in [1.82, 2.24) is 0 Å². The second-order valence-corrected chi connectivity index (χ2v) is 4.84. The smallest absolute Gasteiger partial charge is 0.127 e. The van der Waals surface area contributed by atoms with Gasteiger partial charge in [-0.15, -0.1) is 0 Å². The topological polar surface area (TPSA) is 9.23 Å². The Balaban J connectivity index is 2.04. The molecule has 0 N–H and O–H groups in total. The molecule has 1 atom stereocenters. The predicted octanol–water partition coefficient (Wildman–Crippen LogP) is 4.90. The van der Waals surface area contributed by atoms with Crippen LogP contribution < -0.4 is 4.74 Å². The second kappa shape index (κ2) is 6.50. The van der Waals surface area contributed by atoms with Crippen LogP contribution >= 0.6 is 12.6 Å². The number of benzene rings is 2. The summed E-state index contributed by atoms with van der Waals surface area (Å²) in [4.78, 5) is 0. The lowest BCUT2D eigenvalue weighted by Crippen LogP contribution is -1.94. The summed E-state index contributed by atoms with van der Waals surface area (Å²) in [5.41, 5.74) is 1.34. The summed E-state index contributed by atoms with van der Waals surface area (Å²) >= 11 is 4.27. The molecule has 0 aliphatic carbocycles. The van der Waals surface area contributed by atoms with E-state index in [0.717, 1.165) is 23.7 Å². The van der Waals surface area contributed by atoms with Gasteiger partial charge in [0.25, 0.3) is 0 Å². The lowest BCUT2D eigenvalue weighted by Gasteiger charge is -2.11. The molecular formula is C16H18OS. The van der Waals surface area contributed by atoms with Gasteiger partial charge in [0.1, 0.15) is 11.5 Å². The molecule has 2 aromatic rings. The molecular weight excluding hydrogens is 240 g/mol. The molecule has 1 unspecified atom stereocenters. The van der Waals surface area contributed by atoms with Crippen LogP contribution in [0.1, 0.15) is 24.8 Å². The fourth-order valence-corrected chi connectivity index (χ4v) is 2.24. The molecule has 0 aliphatic heterocycles. The fraction of sp³-hybridized carbons (Fsp3) is 0.250. The zero-order valence-electron chi connectivity index (χ0n) is 10.5. The van der Waals surface area contributed by atoms with Gasteiger partial charge in [-0.05, 0) is 47.9 Å². The number of thiol groups is 1. The van der Waals surface area contributed by atoms with Gasteiger partial charge in [0.05, 0.1) is 0 Å². The van der Waals surface area contributed by atoms with Gasteiger partial charge in [-0.1, -0.05) is 37.3 Å². The molecule has 0 spiro atoms. The Labute approximate surface area is 114 Å². The SMILES string of the molecule is CC(CCS)c1ccc(Oc2ccccc2)cc1. The van der Waals surface area contributed by atoms with Gasteiger partial charge >= 0.3 is 0 Å². The van der Waals surface area contributed by atoms with E-state index in [1.165, 1.54) is 5.56 Å². The van der Waals surface area contributed by atoms with E-state index in [4.69, 9.17) is 4.74 Å². The minimum atomic E-state index is 0.549. The van der Waals surface area contributed by atoms with Gasteiger partial charge in [0.2, 0.25) is 0 Å². The third-order valence-electron chi connectivity index (χ3n) is 2.99. The minimum absolute atomic E-state index is 0.549. The van der Waals surface area contributed by atoms with E-state index in [0.29, 0.717) is 5.92 Å². The highest BCUT2D eigenvalue weighted by Gasteiger charge is 2.04. The minimum Gasteiger partial charge on any atom is -0.457 e. The van der Waals surface area contributed by atoms with E-state index < -0.39 is 0 Å². The molecule has 0 radical (unpaired) electrons. The Morgan fingerprint density at radius 1 is 0.944 bits per heavy atom. The standard InChI is InChI=1S/C16H18OS/c1-13(11-12-18)14-7-9-16(10-8-14)17-15-5-3-2-4-6-15/h2-10,13,18H,11-12H2,1H3. The largest absolute Gasteiger partial charge is 0.457 e. The van der Waals surface area contributed by atoms with Crippen molar-refractivity contribution in [3.63, 3.8) is 0 Å². The molecule has 18 heavy (non-hydrogen) atoms. The maximum Gasteiger partial charge on any atom is 0.127 e. The molecule has 94 valence electrons. The predicted molar refractivity (Wildman–Crippen MR) is 79.8 cm³/mol. The number of hydrogen-bond donors (Lipinski definition) is 1. The van der Waals surface area contributed by atoms with Crippen molar-refractivity contribution in [2.75, 3.05) is 5.75 Å². The molecule has 0 saturated heterocycles. The highest BCUT2D eigenvalue weighted by Crippen LogP contribution is 2.25. The van der Waals surface area contributed by atoms with Crippen molar-refractivity contribution in [3.8, 4) is 11.5 Å². The Bertz CT molecular complexity index is 464. The van der Waals surface area contributed by atoms with Gasteiger partial charge in [-0.2, -0.15) is 12.6 Å². The number of ether oxygens (including phenoxy) is 1. The quantitative estimate of drug-likeness (QED) is 0.750. The molecule has 2 rings (SSSR count). The third-order valence-corrected chi connectivity index (χ3v) is 3.25. The summed E-state index contributed by atoms with van der Waals surface area (Å²) in [6.45, 7) is 2.23. The molecule has 0 bridgehead atoms. The summed E-state index contributed by atoms with van der Waals surface area (Å²) in [7, 11) is 0. The summed E-state index contributed by atoms with van der Waals surface area (Å²) in [5, 5.41) is 0. The highest BCUT2D eigenvalue weighted by atomic mass is 32.1. The first kappa shape index (κ1) is 13.0. The molecule has 0 saturated carbocycles. The van der Waals surface area contributed by atoms with E-state index in [1.807, 2.05) is 42.5 Å². The molecule has 0 aromatic heterocycles. The summed E-state index contributed by atoms with van der Waals surface area (Å²) < 4.78 is 5.76. The molecule has 0 amide bonds. The first-order chi connectivity index (χ1) is 8.79. The van der Waals surface area contributed by atoms with Crippen molar-refractivity contribution < 1.29 is 4.74 Å². The van der Waals surface area contributed by atoms with Crippen LogP contribution in [-0.2, 0) is 0 Å². The first-order valence-electron chi connectivity index (χ1n) is 6.23. The Morgan fingerprint density at radius 2 is 1.56 bits per heavy atom. The van der Waals surface area contributed by atoms with Crippen LogP contribution in [0.2, 0.25) is 0 Å². The number of para-hydroxylation sites is 1. The Morgan fingerprint density at radius 3 is 2.17 bits per heavy atom. The second-order valence-electron chi connectivity index (χ2n) is 4.40. The molecule has 0 fully saturated rings. The Hall–Kier alpha value is -1.41. The average Bonchev–Trinajstić information content (AvgIpc) is 2.41. The van der Waals surface area contributed by atoms with E-state index >= 15 is 0 Å². The van der Waals surface area contributed by atoms with Gasteiger partial charge in [-0.3, -0.25) is 0 Å². The third kappa shape index (κ3) is 3.54. The summed E-state index contributed by atoms with van der Waals surface area (Å²) in [6.07, 6.45) is 1.10. The summed E-state index contributed by atoms with van der Waals surface area (Å²) in [5.74, 6) is 3.22. The van der Waals surface area contributed by atoms with Crippen molar-refractivity contribution in [1.29, 1.82) is 0 Å². The van der Waals surface area contributed by atoms with Crippen LogP contribution in [0.4, 0.5) is 0 Å². The molecule has 0 heterocycles. The number of hydrogen-bond acceptors (Lipinski definition) is 2. The van der Waals surface area contributed by atoms with E-state index in [1.54, 1.807) is 0 Å². The van der Waals surface area contributed by atoms with Crippen LogP contribution in [-0.4, -0.2) is 5.75 Å². The van der Waals surface area contributed by atoms with Gasteiger partial charge in [0.15, 0.2) is 0 Å². The summed E-state index contributed by atoms with van der Waals surface area (Å²) in [6, 6.07) is 18.1. The molecule has 2 aromatic carbocycles. The molecule has 2 heteroatoms. The van der Waals surface area contributed by atoms with Gasteiger partial charge < -0.3 is 4.74 Å². The van der Waals surface area contributed by atoms with Crippen molar-refractivity contribution in [3.05, 3.63) is 60.2 Å². The van der Waals surface area contributed by atoms with Crippen molar-refractivity contribution in [2.45, 2.75) is 19.3 Å². The van der Waals surface area contributed by atoms with Crippen molar-refractivity contribution >= 4 is 12.6 Å². The zero-order valence-corrected chi connectivity index (χ0v) is 11.4. The van der Waals surface area contributed by atoms with Crippen LogP contribution in [0.15, 0.2) is 54.6 Å². The molecule has 1 nitrogen and oxygen atoms in total. The lowest BCUT2D eigenvalue weighted by molar-refractivity contribution is 0.482. The maximum absolute atomic E-state index is 5.76. The monoisotopic (exact) mass is 258 g/mol. The van der Waals surface area contributed by atoms with Gasteiger partial charge in [0, 0.05) is 0 Å². The van der Waals surface area contributed by atoms with Crippen LogP contribution in [0.3, 0.4) is 0 Å². The van der Waals surface area contributed by atoms with E-state index in [9.17, 15) is 0 Å². The lowest BCUT2D eigenvalue weighted by atomic mass is 9.99. The Kier molecular flexibility index (Phi) is 4.71. The van der Waals surface area contributed by atoms with Crippen LogP contribution in [0.25, 0.3) is 0 Å². The fourth-order valence-electron chi connectivity index (χ4n) is 1.85. The highest BCUT2D eigenvalue weighted by molar-refractivity contribution is 7.80. The zero-order chi connectivity index (χ0) is 12.8. The van der Waals surface area contributed by atoms with E-state index in [2.05, 4.69) is 31.7 Å². The van der Waals surface area contributed by atoms with Crippen LogP contribution in [0, 0.1) is 0 Å². The maximum atomic E-state index is 5.76. The van der Waals surface area contributed by atoms with Crippen LogP contribution in [0.5, 0.6) is 11.5 Å².